The van der Waals surface area contributed by atoms with Crippen LogP contribution in [0, 0.1) is 10.8 Å². The highest BCUT2D eigenvalue weighted by atomic mass is 16.5. The molecule has 100 valence electrons. The maximum atomic E-state index is 6.56. The Balaban J connectivity index is 3.08. The minimum Gasteiger partial charge on any atom is -0.366 e. The topological polar surface area (TPSA) is 9.23 Å². The van der Waals surface area contributed by atoms with Gasteiger partial charge in [0, 0.05) is 0 Å². The second kappa shape index (κ2) is 4.42. The van der Waals surface area contributed by atoms with E-state index in [1.807, 2.05) is 0 Å². The van der Waals surface area contributed by atoms with Crippen LogP contribution in [0.15, 0.2) is 11.6 Å². The van der Waals surface area contributed by atoms with Crippen LogP contribution in [0.4, 0.5) is 0 Å². The molecule has 1 rings (SSSR count). The molecule has 2 atom stereocenters. The van der Waals surface area contributed by atoms with Crippen molar-refractivity contribution in [1.29, 1.82) is 0 Å². The van der Waals surface area contributed by atoms with Crippen LogP contribution in [-0.4, -0.2) is 11.7 Å². The predicted molar refractivity (Wildman–Crippen MR) is 75.2 cm³/mol. The number of rotatable bonds is 1. The van der Waals surface area contributed by atoms with Crippen molar-refractivity contribution in [2.24, 2.45) is 10.8 Å². The second-order valence-electron chi connectivity index (χ2n) is 7.56. The summed E-state index contributed by atoms with van der Waals surface area (Å²) in [6, 6.07) is 0. The van der Waals surface area contributed by atoms with Crippen LogP contribution in [0.2, 0.25) is 0 Å². The Morgan fingerprint density at radius 2 is 1.71 bits per heavy atom. The molecule has 0 N–H and O–H groups in total. The Labute approximate surface area is 108 Å². The first-order chi connectivity index (χ1) is 7.54. The largest absolute Gasteiger partial charge is 0.366 e. The highest BCUT2D eigenvalue weighted by Crippen LogP contribution is 2.51. The molecule has 2 unspecified atom stereocenters. The summed E-state index contributed by atoms with van der Waals surface area (Å²) in [4.78, 5) is 0. The van der Waals surface area contributed by atoms with Crippen LogP contribution in [0.25, 0.3) is 0 Å². The van der Waals surface area contributed by atoms with Crippen LogP contribution in [0.3, 0.4) is 0 Å². The van der Waals surface area contributed by atoms with Gasteiger partial charge in [0.15, 0.2) is 0 Å². The third-order valence-electron chi connectivity index (χ3n) is 4.35. The molecule has 0 aromatic rings. The van der Waals surface area contributed by atoms with Crippen LogP contribution in [0.1, 0.15) is 68.2 Å². The van der Waals surface area contributed by atoms with Gasteiger partial charge < -0.3 is 4.74 Å². The zero-order valence-electron chi connectivity index (χ0n) is 13.0. The van der Waals surface area contributed by atoms with E-state index in [-0.39, 0.29) is 16.4 Å². The lowest BCUT2D eigenvalue weighted by atomic mass is 9.70. The van der Waals surface area contributed by atoms with Crippen LogP contribution in [0.5, 0.6) is 0 Å². The summed E-state index contributed by atoms with van der Waals surface area (Å²) in [5, 5.41) is 0. The van der Waals surface area contributed by atoms with E-state index in [9.17, 15) is 0 Å². The maximum absolute atomic E-state index is 6.56. The Morgan fingerprint density at radius 3 is 2.00 bits per heavy atom. The van der Waals surface area contributed by atoms with Gasteiger partial charge in [-0.2, -0.15) is 0 Å². The van der Waals surface area contributed by atoms with E-state index in [0.717, 1.165) is 6.42 Å². The van der Waals surface area contributed by atoms with Crippen molar-refractivity contribution < 1.29 is 4.74 Å². The molecule has 0 saturated carbocycles. The van der Waals surface area contributed by atoms with Gasteiger partial charge in [-0.15, -0.1) is 0 Å². The van der Waals surface area contributed by atoms with Gasteiger partial charge in [0.25, 0.3) is 0 Å². The number of ether oxygens (including phenoxy) is 1. The maximum Gasteiger partial charge on any atom is 0.0941 e. The lowest BCUT2D eigenvalue weighted by Gasteiger charge is -2.44. The van der Waals surface area contributed by atoms with Gasteiger partial charge in [-0.1, -0.05) is 47.6 Å². The quantitative estimate of drug-likeness (QED) is 0.586. The van der Waals surface area contributed by atoms with E-state index in [1.165, 1.54) is 12.0 Å². The summed E-state index contributed by atoms with van der Waals surface area (Å²) in [5.41, 5.74) is 1.71. The van der Waals surface area contributed by atoms with E-state index in [4.69, 9.17) is 4.74 Å². The molecule has 1 aliphatic rings. The molecule has 1 saturated heterocycles. The smallest absolute Gasteiger partial charge is 0.0941 e. The zero-order valence-corrected chi connectivity index (χ0v) is 13.0. The van der Waals surface area contributed by atoms with Crippen molar-refractivity contribution in [3.05, 3.63) is 11.6 Å². The average Bonchev–Trinajstić information content (AvgIpc) is 2.60. The summed E-state index contributed by atoms with van der Waals surface area (Å²) in [6.07, 6.45) is 4.91. The molecule has 0 bridgehead atoms. The highest BCUT2D eigenvalue weighted by molar-refractivity contribution is 5.21. The van der Waals surface area contributed by atoms with Gasteiger partial charge in [-0.3, -0.25) is 0 Å². The summed E-state index contributed by atoms with van der Waals surface area (Å²) in [7, 11) is 0. The molecule has 1 heterocycles. The van der Waals surface area contributed by atoms with Gasteiger partial charge in [-0.05, 0) is 43.1 Å². The van der Waals surface area contributed by atoms with Crippen molar-refractivity contribution in [2.75, 3.05) is 0 Å². The van der Waals surface area contributed by atoms with Crippen molar-refractivity contribution in [1.82, 2.24) is 0 Å². The van der Waals surface area contributed by atoms with Crippen molar-refractivity contribution >= 4 is 0 Å². The molecule has 0 aromatic carbocycles. The summed E-state index contributed by atoms with van der Waals surface area (Å²) < 4.78 is 6.56. The van der Waals surface area contributed by atoms with Crippen molar-refractivity contribution in [3.8, 4) is 0 Å². The van der Waals surface area contributed by atoms with Gasteiger partial charge in [0.1, 0.15) is 0 Å². The molecule has 17 heavy (non-hydrogen) atoms. The molecule has 0 aliphatic carbocycles. The predicted octanol–water partition coefficient (Wildman–Crippen LogP) is 4.96. The first-order valence-corrected chi connectivity index (χ1v) is 6.86. The highest BCUT2D eigenvalue weighted by Gasteiger charge is 2.51. The Hall–Kier alpha value is -0.300. The molecule has 0 radical (unpaired) electrons. The standard InChI is InChI=1S/C16H30O/c1-9-12(2)16(15(6,7)8)11-10-13(17-16)14(3,4)5/h9,13H,10-11H2,1-8H3. The van der Waals surface area contributed by atoms with Crippen LogP contribution < -0.4 is 0 Å². The molecule has 0 amide bonds. The van der Waals surface area contributed by atoms with Crippen molar-refractivity contribution in [2.45, 2.75) is 79.9 Å². The van der Waals surface area contributed by atoms with E-state index in [1.54, 1.807) is 0 Å². The van der Waals surface area contributed by atoms with E-state index in [0.29, 0.717) is 6.10 Å². The first-order valence-electron chi connectivity index (χ1n) is 6.86. The third kappa shape index (κ3) is 2.59. The molecule has 0 spiro atoms. The summed E-state index contributed by atoms with van der Waals surface area (Å²) in [6.45, 7) is 18.1. The molecule has 1 nitrogen and oxygen atoms in total. The third-order valence-corrected chi connectivity index (χ3v) is 4.35. The minimum absolute atomic E-state index is 0.0697. The number of hydrogen-bond donors (Lipinski definition) is 0. The van der Waals surface area contributed by atoms with E-state index >= 15 is 0 Å². The van der Waals surface area contributed by atoms with Crippen LogP contribution in [-0.2, 0) is 4.74 Å². The number of allylic oxidation sites excluding steroid dienone is 1. The SMILES string of the molecule is CC=C(C)C1(C(C)(C)C)CCC(C(C)(C)C)O1. The molecular formula is C16H30O. The fourth-order valence-electron chi connectivity index (χ4n) is 2.97. The monoisotopic (exact) mass is 238 g/mol. The van der Waals surface area contributed by atoms with Gasteiger partial charge in [0.05, 0.1) is 11.7 Å². The summed E-state index contributed by atoms with van der Waals surface area (Å²) >= 11 is 0. The first kappa shape index (κ1) is 14.8. The van der Waals surface area contributed by atoms with Crippen molar-refractivity contribution in [3.63, 3.8) is 0 Å². The normalized spacial score (nSPS) is 32.0. The zero-order chi connectivity index (χ0) is 13.5. The number of hydrogen-bond acceptors (Lipinski definition) is 1. The Kier molecular flexibility index (Phi) is 3.84. The lowest BCUT2D eigenvalue weighted by Crippen LogP contribution is -2.45. The minimum atomic E-state index is -0.0697. The molecule has 0 aromatic heterocycles. The Morgan fingerprint density at radius 1 is 1.18 bits per heavy atom. The Bertz CT molecular complexity index is 300. The second-order valence-corrected chi connectivity index (χ2v) is 7.56. The van der Waals surface area contributed by atoms with Gasteiger partial charge >= 0.3 is 0 Å². The molecular weight excluding hydrogens is 208 g/mol. The molecule has 1 aliphatic heterocycles. The van der Waals surface area contributed by atoms with E-state index in [2.05, 4.69) is 61.5 Å². The van der Waals surface area contributed by atoms with Crippen LogP contribution >= 0.6 is 0 Å². The lowest BCUT2D eigenvalue weighted by molar-refractivity contribution is -0.111. The fraction of sp³-hybridized carbons (Fsp3) is 0.875. The van der Waals surface area contributed by atoms with E-state index < -0.39 is 0 Å². The molecule has 1 heteroatoms. The van der Waals surface area contributed by atoms with Gasteiger partial charge in [-0.25, -0.2) is 0 Å². The summed E-state index contributed by atoms with van der Waals surface area (Å²) in [5.74, 6) is 0. The van der Waals surface area contributed by atoms with Gasteiger partial charge in [0.2, 0.25) is 0 Å². The fourth-order valence-corrected chi connectivity index (χ4v) is 2.97. The average molecular weight is 238 g/mol. The molecule has 1 fully saturated rings.